The van der Waals surface area contributed by atoms with E-state index in [0.29, 0.717) is 49.5 Å². The Balaban J connectivity index is 1.83. The Bertz CT molecular complexity index is 525. The molecule has 1 aliphatic heterocycles. The van der Waals surface area contributed by atoms with E-state index in [4.69, 9.17) is 21.7 Å². The maximum atomic E-state index is 12.2. The molecule has 0 bridgehead atoms. The Labute approximate surface area is 142 Å². The Hall–Kier alpha value is -1.66. The van der Waals surface area contributed by atoms with Crippen molar-refractivity contribution in [1.82, 2.24) is 10.2 Å². The highest BCUT2D eigenvalue weighted by atomic mass is 32.1. The monoisotopic (exact) mass is 336 g/mol. The van der Waals surface area contributed by atoms with Gasteiger partial charge in [-0.2, -0.15) is 0 Å². The number of carbonyl (C=O) groups is 1. The molecule has 6 heteroatoms. The highest BCUT2D eigenvalue weighted by Crippen LogP contribution is 2.13. The summed E-state index contributed by atoms with van der Waals surface area (Å²) in [7, 11) is 0. The minimum Gasteiger partial charge on any atom is -0.494 e. The Morgan fingerprint density at radius 1 is 1.30 bits per heavy atom. The largest absolute Gasteiger partial charge is 0.494 e. The molecule has 0 spiro atoms. The first-order valence-corrected chi connectivity index (χ1v) is 8.38. The fourth-order valence-electron chi connectivity index (χ4n) is 2.13. The summed E-state index contributed by atoms with van der Waals surface area (Å²) in [6, 6.07) is 7.13. The lowest BCUT2D eigenvalue weighted by atomic mass is 10.1. The third-order valence-corrected chi connectivity index (χ3v) is 3.96. The van der Waals surface area contributed by atoms with Gasteiger partial charge in [-0.15, -0.1) is 0 Å². The number of ether oxygens (including phenoxy) is 2. The van der Waals surface area contributed by atoms with E-state index in [-0.39, 0.29) is 5.91 Å². The molecule has 1 fully saturated rings. The molecule has 1 amide bonds. The summed E-state index contributed by atoms with van der Waals surface area (Å²) in [6.07, 6.45) is 1.01. The molecule has 1 heterocycles. The topological polar surface area (TPSA) is 50.8 Å². The van der Waals surface area contributed by atoms with Gasteiger partial charge < -0.3 is 14.4 Å². The van der Waals surface area contributed by atoms with Gasteiger partial charge in [-0.3, -0.25) is 10.1 Å². The van der Waals surface area contributed by atoms with E-state index < -0.39 is 0 Å². The van der Waals surface area contributed by atoms with Crippen LogP contribution >= 0.6 is 12.2 Å². The molecule has 0 saturated carbocycles. The standard InChI is InChI=1S/C17H24N2O3S/c1-13(2)7-10-22-15-5-3-14(4-6-15)16(20)18-17(23)19-8-11-21-12-9-19/h3-6,13H,7-12H2,1-2H3,(H,18,20,23). The van der Waals surface area contributed by atoms with Crippen LogP contribution in [-0.2, 0) is 4.74 Å². The molecule has 0 aromatic heterocycles. The van der Waals surface area contributed by atoms with E-state index in [1.807, 2.05) is 17.0 Å². The minimum atomic E-state index is -0.199. The zero-order valence-corrected chi connectivity index (χ0v) is 14.5. The van der Waals surface area contributed by atoms with Gasteiger partial charge in [-0.25, -0.2) is 0 Å². The first kappa shape index (κ1) is 17.7. The van der Waals surface area contributed by atoms with Crippen LogP contribution < -0.4 is 10.1 Å². The van der Waals surface area contributed by atoms with Crippen molar-refractivity contribution < 1.29 is 14.3 Å². The van der Waals surface area contributed by atoms with Crippen LogP contribution in [0.25, 0.3) is 0 Å². The van der Waals surface area contributed by atoms with Crippen LogP contribution in [0.1, 0.15) is 30.6 Å². The molecule has 5 nitrogen and oxygen atoms in total. The summed E-state index contributed by atoms with van der Waals surface area (Å²) >= 11 is 5.27. The summed E-state index contributed by atoms with van der Waals surface area (Å²) in [5.74, 6) is 1.19. The highest BCUT2D eigenvalue weighted by Gasteiger charge is 2.16. The Morgan fingerprint density at radius 3 is 2.57 bits per heavy atom. The van der Waals surface area contributed by atoms with Gasteiger partial charge in [0.2, 0.25) is 0 Å². The molecule has 1 N–H and O–H groups in total. The molecule has 1 aliphatic rings. The molecule has 0 atom stereocenters. The van der Waals surface area contributed by atoms with E-state index in [9.17, 15) is 4.79 Å². The van der Waals surface area contributed by atoms with Crippen LogP contribution in [-0.4, -0.2) is 48.8 Å². The Morgan fingerprint density at radius 2 is 1.96 bits per heavy atom. The average Bonchev–Trinajstić information content (AvgIpc) is 2.56. The number of hydrogen-bond acceptors (Lipinski definition) is 4. The van der Waals surface area contributed by atoms with Gasteiger partial charge in [0.1, 0.15) is 5.75 Å². The number of hydrogen-bond donors (Lipinski definition) is 1. The predicted molar refractivity (Wildman–Crippen MR) is 93.8 cm³/mol. The molecule has 0 radical (unpaired) electrons. The number of rotatable bonds is 5. The van der Waals surface area contributed by atoms with E-state index in [1.54, 1.807) is 12.1 Å². The van der Waals surface area contributed by atoms with Gasteiger partial charge in [-0.05, 0) is 48.8 Å². The zero-order valence-electron chi connectivity index (χ0n) is 13.7. The lowest BCUT2D eigenvalue weighted by molar-refractivity contribution is 0.0669. The summed E-state index contributed by atoms with van der Waals surface area (Å²) < 4.78 is 10.9. The molecular weight excluding hydrogens is 312 g/mol. The van der Waals surface area contributed by atoms with Gasteiger partial charge in [0.25, 0.3) is 5.91 Å². The molecule has 126 valence electrons. The second-order valence-electron chi connectivity index (χ2n) is 5.91. The van der Waals surface area contributed by atoms with E-state index in [0.717, 1.165) is 12.2 Å². The quantitative estimate of drug-likeness (QED) is 0.837. The van der Waals surface area contributed by atoms with Crippen LogP contribution in [0.5, 0.6) is 5.75 Å². The van der Waals surface area contributed by atoms with Crippen molar-refractivity contribution >= 4 is 23.2 Å². The zero-order chi connectivity index (χ0) is 16.7. The van der Waals surface area contributed by atoms with Gasteiger partial charge >= 0.3 is 0 Å². The molecule has 1 saturated heterocycles. The van der Waals surface area contributed by atoms with Crippen LogP contribution in [0.15, 0.2) is 24.3 Å². The normalized spacial score (nSPS) is 14.7. The van der Waals surface area contributed by atoms with Crippen LogP contribution in [0.3, 0.4) is 0 Å². The van der Waals surface area contributed by atoms with Crippen molar-refractivity contribution in [1.29, 1.82) is 0 Å². The molecule has 0 aliphatic carbocycles. The first-order chi connectivity index (χ1) is 11.1. The SMILES string of the molecule is CC(C)CCOc1ccc(C(=O)NC(=S)N2CCOCC2)cc1. The van der Waals surface area contributed by atoms with Gasteiger partial charge in [0.15, 0.2) is 5.11 Å². The van der Waals surface area contributed by atoms with Crippen molar-refractivity contribution in [2.24, 2.45) is 5.92 Å². The fourth-order valence-corrected chi connectivity index (χ4v) is 2.41. The van der Waals surface area contributed by atoms with E-state index in [2.05, 4.69) is 19.2 Å². The Kier molecular flexibility index (Phi) is 6.80. The van der Waals surface area contributed by atoms with Crippen LogP contribution in [0.2, 0.25) is 0 Å². The number of thiocarbonyl (C=S) groups is 1. The fraction of sp³-hybridized carbons (Fsp3) is 0.529. The molecule has 2 rings (SSSR count). The van der Waals surface area contributed by atoms with E-state index >= 15 is 0 Å². The highest BCUT2D eigenvalue weighted by molar-refractivity contribution is 7.80. The molecule has 23 heavy (non-hydrogen) atoms. The third kappa shape index (κ3) is 5.80. The molecule has 1 aromatic carbocycles. The summed E-state index contributed by atoms with van der Waals surface area (Å²) in [4.78, 5) is 14.2. The van der Waals surface area contributed by atoms with Gasteiger partial charge in [0.05, 0.1) is 19.8 Å². The summed E-state index contributed by atoms with van der Waals surface area (Å²) in [5.41, 5.74) is 0.566. The number of morpholine rings is 1. The maximum Gasteiger partial charge on any atom is 0.257 e. The number of amides is 1. The second kappa shape index (κ2) is 8.84. The smallest absolute Gasteiger partial charge is 0.257 e. The predicted octanol–water partition coefficient (Wildman–Crippen LogP) is 2.46. The van der Waals surface area contributed by atoms with Crippen molar-refractivity contribution in [3.63, 3.8) is 0 Å². The summed E-state index contributed by atoms with van der Waals surface area (Å²) in [5, 5.41) is 3.22. The number of benzene rings is 1. The second-order valence-corrected chi connectivity index (χ2v) is 6.30. The van der Waals surface area contributed by atoms with Crippen molar-refractivity contribution in [3.8, 4) is 5.75 Å². The lowest BCUT2D eigenvalue weighted by Gasteiger charge is -2.28. The molecule has 1 aromatic rings. The average molecular weight is 336 g/mol. The van der Waals surface area contributed by atoms with Crippen LogP contribution in [0, 0.1) is 5.92 Å². The van der Waals surface area contributed by atoms with Gasteiger partial charge in [0, 0.05) is 18.7 Å². The van der Waals surface area contributed by atoms with E-state index in [1.165, 1.54) is 0 Å². The molecule has 0 unspecified atom stereocenters. The number of nitrogens with zero attached hydrogens (tertiary/aromatic N) is 1. The molecular formula is C17H24N2O3S. The third-order valence-electron chi connectivity index (χ3n) is 3.60. The lowest BCUT2D eigenvalue weighted by Crippen LogP contribution is -2.47. The van der Waals surface area contributed by atoms with Crippen molar-refractivity contribution in [3.05, 3.63) is 29.8 Å². The minimum absolute atomic E-state index is 0.199. The maximum absolute atomic E-state index is 12.2. The van der Waals surface area contributed by atoms with Crippen molar-refractivity contribution in [2.45, 2.75) is 20.3 Å². The summed E-state index contributed by atoms with van der Waals surface area (Å²) in [6.45, 7) is 7.70. The van der Waals surface area contributed by atoms with Crippen LogP contribution in [0.4, 0.5) is 0 Å². The van der Waals surface area contributed by atoms with Gasteiger partial charge in [-0.1, -0.05) is 13.8 Å². The number of nitrogens with one attached hydrogen (secondary N) is 1. The number of carbonyl (C=O) groups excluding carboxylic acids is 1. The first-order valence-electron chi connectivity index (χ1n) is 7.97. The van der Waals surface area contributed by atoms with Crippen molar-refractivity contribution in [2.75, 3.05) is 32.9 Å².